The molecule has 1 aliphatic heterocycles. The number of nitrogens with two attached hydrogens (primary N) is 1. The van der Waals surface area contributed by atoms with E-state index in [0.29, 0.717) is 11.4 Å². The smallest absolute Gasteiger partial charge is 0.254 e. The monoisotopic (exact) mass is 651 g/mol. The fourth-order valence-corrected chi connectivity index (χ4v) is 5.69. The molecule has 0 amide bonds. The molecule has 0 saturated heterocycles. The second-order valence-electron chi connectivity index (χ2n) is 10.8. The van der Waals surface area contributed by atoms with Crippen molar-refractivity contribution in [3.63, 3.8) is 0 Å². The van der Waals surface area contributed by atoms with Crippen LogP contribution in [0.4, 0.5) is 5.95 Å². The van der Waals surface area contributed by atoms with Crippen LogP contribution in [0.3, 0.4) is 0 Å². The summed E-state index contributed by atoms with van der Waals surface area (Å²) in [5.41, 5.74) is 14.2. The maximum atomic E-state index is 6.29. The fraction of sp³-hybridized carbons (Fsp3) is 0.0263. The average Bonchev–Trinajstić information content (AvgIpc) is 3.12. The van der Waals surface area contributed by atoms with Gasteiger partial charge in [0.2, 0.25) is 0 Å². The lowest BCUT2D eigenvalue weighted by atomic mass is 10.0. The molecular weight excluding hydrogens is 625 g/mol. The molecule has 1 aliphatic rings. The van der Waals surface area contributed by atoms with Gasteiger partial charge in [0.05, 0.1) is 0 Å². The Kier molecular flexibility index (Phi) is 8.56. The number of aromatic nitrogens is 2. The molecule has 47 heavy (non-hydrogen) atoms. The van der Waals surface area contributed by atoms with Crippen LogP contribution in [0, 0.1) is 0 Å². The standard InChI is InChI=1S/C38H27Cl2N7/c39-32-23-33(40)43-38(42-32)44-34(41)26-17-19-27(20-18-26)35-45-36(30-15-7-13-28(21-30)24-9-3-1-4-10-24)47-37(46-35)31-16-8-14-29(22-31)25-11-5-2-6-12-25/h1-23,36H,(H,45,46,47)(H2,41,42,43,44). The van der Waals surface area contributed by atoms with Crippen molar-refractivity contribution in [2.24, 2.45) is 20.7 Å². The van der Waals surface area contributed by atoms with Gasteiger partial charge in [-0.2, -0.15) is 15.0 Å². The predicted octanol–water partition coefficient (Wildman–Crippen LogP) is 8.65. The first-order chi connectivity index (χ1) is 23.0. The van der Waals surface area contributed by atoms with Gasteiger partial charge in [0.25, 0.3) is 5.95 Å². The molecule has 0 saturated carbocycles. The van der Waals surface area contributed by atoms with E-state index >= 15 is 0 Å². The highest BCUT2D eigenvalue weighted by Gasteiger charge is 2.21. The van der Waals surface area contributed by atoms with Crippen molar-refractivity contribution in [3.05, 3.63) is 172 Å². The minimum Gasteiger partial charge on any atom is -0.383 e. The predicted molar refractivity (Wildman–Crippen MR) is 192 cm³/mol. The Hall–Kier alpha value is -5.63. The van der Waals surface area contributed by atoms with Crippen LogP contribution in [0.2, 0.25) is 10.3 Å². The molecule has 6 aromatic rings. The summed E-state index contributed by atoms with van der Waals surface area (Å²) in [6, 6.07) is 46.4. The summed E-state index contributed by atoms with van der Waals surface area (Å²) in [5.74, 6) is 1.72. The van der Waals surface area contributed by atoms with E-state index in [-0.39, 0.29) is 22.1 Å². The van der Waals surface area contributed by atoms with Gasteiger partial charge in [-0.05, 0) is 39.9 Å². The van der Waals surface area contributed by atoms with Crippen molar-refractivity contribution in [1.82, 2.24) is 15.3 Å². The molecule has 5 aromatic carbocycles. The maximum absolute atomic E-state index is 6.29. The number of hydrogen-bond acceptors (Lipinski definition) is 6. The first kappa shape index (κ1) is 30.0. The zero-order valence-corrected chi connectivity index (χ0v) is 26.4. The third kappa shape index (κ3) is 6.97. The highest BCUT2D eigenvalue weighted by atomic mass is 35.5. The number of aliphatic imine (C=N–C) groups is 3. The molecule has 2 heterocycles. The van der Waals surface area contributed by atoms with E-state index < -0.39 is 6.17 Å². The van der Waals surface area contributed by atoms with Crippen LogP contribution in [0.25, 0.3) is 22.3 Å². The molecule has 0 radical (unpaired) electrons. The van der Waals surface area contributed by atoms with Crippen LogP contribution in [-0.4, -0.2) is 27.5 Å². The number of nitrogens with zero attached hydrogens (tertiary/aromatic N) is 5. The van der Waals surface area contributed by atoms with E-state index in [1.165, 1.54) is 6.07 Å². The van der Waals surface area contributed by atoms with Crippen molar-refractivity contribution in [2.45, 2.75) is 6.17 Å². The van der Waals surface area contributed by atoms with Crippen molar-refractivity contribution >= 4 is 46.7 Å². The summed E-state index contributed by atoms with van der Waals surface area (Å²) in [5, 5.41) is 3.87. The van der Waals surface area contributed by atoms with E-state index in [2.05, 4.69) is 80.9 Å². The zero-order chi connectivity index (χ0) is 32.2. The second-order valence-corrected chi connectivity index (χ2v) is 11.6. The highest BCUT2D eigenvalue weighted by molar-refractivity contribution is 6.33. The van der Waals surface area contributed by atoms with Crippen LogP contribution in [0.5, 0.6) is 0 Å². The first-order valence-corrected chi connectivity index (χ1v) is 15.6. The maximum Gasteiger partial charge on any atom is 0.254 e. The number of rotatable bonds is 7. The summed E-state index contributed by atoms with van der Waals surface area (Å²) in [6.45, 7) is 0. The Balaban J connectivity index is 1.25. The Labute approximate surface area is 282 Å². The third-order valence-corrected chi connectivity index (χ3v) is 7.99. The summed E-state index contributed by atoms with van der Waals surface area (Å²) >= 11 is 12.0. The van der Waals surface area contributed by atoms with Gasteiger partial charge in [0, 0.05) is 22.8 Å². The Morgan fingerprint density at radius 3 is 1.72 bits per heavy atom. The number of amidine groups is 3. The largest absolute Gasteiger partial charge is 0.383 e. The lowest BCUT2D eigenvalue weighted by Gasteiger charge is -2.23. The molecule has 7 nitrogen and oxygen atoms in total. The molecule has 0 spiro atoms. The Morgan fingerprint density at radius 2 is 1.09 bits per heavy atom. The molecular formula is C38H27Cl2N7. The second kappa shape index (κ2) is 13.4. The SMILES string of the molecule is NC(=Nc1nc(Cl)cc(Cl)n1)c1ccc(C2=NC(c3cccc(-c4ccccc4)c3)N=C(c3cccc(-c4ccccc4)c3)N2)cc1. The van der Waals surface area contributed by atoms with Gasteiger partial charge in [-0.25, -0.2) is 9.98 Å². The van der Waals surface area contributed by atoms with Crippen LogP contribution in [0.15, 0.2) is 155 Å². The molecule has 7 rings (SSSR count). The molecule has 1 aromatic heterocycles. The summed E-state index contributed by atoms with van der Waals surface area (Å²) < 4.78 is 0. The number of hydrogen-bond donors (Lipinski definition) is 2. The van der Waals surface area contributed by atoms with Gasteiger partial charge in [0.1, 0.15) is 27.8 Å². The van der Waals surface area contributed by atoms with E-state index in [1.807, 2.05) is 72.8 Å². The first-order valence-electron chi connectivity index (χ1n) is 14.9. The number of nitrogens with one attached hydrogen (secondary N) is 1. The Bertz CT molecular complexity index is 2130. The van der Waals surface area contributed by atoms with Crippen molar-refractivity contribution in [3.8, 4) is 22.3 Å². The van der Waals surface area contributed by atoms with E-state index in [9.17, 15) is 0 Å². The summed E-state index contributed by atoms with van der Waals surface area (Å²) in [4.78, 5) is 22.7. The fourth-order valence-electron chi connectivity index (χ4n) is 5.28. The van der Waals surface area contributed by atoms with Crippen LogP contribution >= 0.6 is 23.2 Å². The number of benzene rings is 5. The molecule has 228 valence electrons. The molecule has 0 aliphatic carbocycles. The van der Waals surface area contributed by atoms with Crippen molar-refractivity contribution in [1.29, 1.82) is 0 Å². The molecule has 1 atom stereocenters. The number of halogens is 2. The van der Waals surface area contributed by atoms with Gasteiger partial charge in [-0.15, -0.1) is 0 Å². The van der Waals surface area contributed by atoms with Gasteiger partial charge in [-0.3, -0.25) is 0 Å². The lowest BCUT2D eigenvalue weighted by Crippen LogP contribution is -2.36. The molecule has 0 fully saturated rings. The quantitative estimate of drug-likeness (QED) is 0.102. The zero-order valence-electron chi connectivity index (χ0n) is 24.9. The van der Waals surface area contributed by atoms with Gasteiger partial charge < -0.3 is 11.1 Å². The Morgan fingerprint density at radius 1 is 0.553 bits per heavy atom. The van der Waals surface area contributed by atoms with E-state index in [1.54, 1.807) is 0 Å². The lowest BCUT2D eigenvalue weighted by molar-refractivity contribution is 0.756. The van der Waals surface area contributed by atoms with Crippen molar-refractivity contribution in [2.75, 3.05) is 0 Å². The van der Waals surface area contributed by atoms with Gasteiger partial charge >= 0.3 is 0 Å². The minimum atomic E-state index is -0.471. The van der Waals surface area contributed by atoms with Gasteiger partial charge in [-0.1, -0.05) is 145 Å². The van der Waals surface area contributed by atoms with Crippen LogP contribution < -0.4 is 11.1 Å². The molecule has 0 bridgehead atoms. The van der Waals surface area contributed by atoms with Crippen molar-refractivity contribution < 1.29 is 0 Å². The van der Waals surface area contributed by atoms with E-state index in [4.69, 9.17) is 38.9 Å². The van der Waals surface area contributed by atoms with Gasteiger partial charge in [0.15, 0.2) is 6.17 Å². The van der Waals surface area contributed by atoms with Crippen LogP contribution in [0.1, 0.15) is 28.4 Å². The molecule has 9 heteroatoms. The topological polar surface area (TPSA) is 101 Å². The van der Waals surface area contributed by atoms with Crippen LogP contribution in [-0.2, 0) is 0 Å². The minimum absolute atomic E-state index is 0.0848. The average molecular weight is 653 g/mol. The van der Waals surface area contributed by atoms with E-state index in [0.717, 1.165) is 44.8 Å². The molecule has 1 unspecified atom stereocenters. The third-order valence-electron chi connectivity index (χ3n) is 7.60. The summed E-state index contributed by atoms with van der Waals surface area (Å²) in [6.07, 6.45) is -0.471. The normalized spacial score (nSPS) is 14.6. The summed E-state index contributed by atoms with van der Waals surface area (Å²) in [7, 11) is 0. The molecule has 3 N–H and O–H groups in total. The highest BCUT2D eigenvalue weighted by Crippen LogP contribution is 2.29.